The van der Waals surface area contributed by atoms with Crippen molar-refractivity contribution in [1.82, 2.24) is 0 Å². The maximum atomic E-state index is 12.8. The van der Waals surface area contributed by atoms with Crippen molar-refractivity contribution in [3.05, 3.63) is 40.5 Å². The van der Waals surface area contributed by atoms with Gasteiger partial charge in [0.15, 0.2) is 5.78 Å². The SMILES string of the molecule is C=CC(C)C1(C)Nc2c(C)c(C)c(C)c(C)c2C1=O. The van der Waals surface area contributed by atoms with Crippen LogP contribution in [0, 0.1) is 33.6 Å². The summed E-state index contributed by atoms with van der Waals surface area (Å²) in [6.07, 6.45) is 1.85. The van der Waals surface area contributed by atoms with E-state index in [1.807, 2.05) is 26.8 Å². The van der Waals surface area contributed by atoms with E-state index in [1.165, 1.54) is 16.7 Å². The minimum absolute atomic E-state index is 0.0896. The Morgan fingerprint density at radius 2 is 1.63 bits per heavy atom. The van der Waals surface area contributed by atoms with Gasteiger partial charge < -0.3 is 5.32 Å². The first-order valence-electron chi connectivity index (χ1n) is 6.81. The lowest BCUT2D eigenvalue weighted by Crippen LogP contribution is -2.43. The Morgan fingerprint density at radius 1 is 1.11 bits per heavy atom. The molecule has 1 aromatic rings. The Kier molecular flexibility index (Phi) is 3.08. The van der Waals surface area contributed by atoms with Crippen molar-refractivity contribution < 1.29 is 4.79 Å². The first-order valence-corrected chi connectivity index (χ1v) is 6.81. The Hall–Kier alpha value is -1.57. The summed E-state index contributed by atoms with van der Waals surface area (Å²) in [4.78, 5) is 12.8. The lowest BCUT2D eigenvalue weighted by Gasteiger charge is -2.28. The first-order chi connectivity index (χ1) is 8.75. The summed E-state index contributed by atoms with van der Waals surface area (Å²) in [6, 6.07) is 0. The van der Waals surface area contributed by atoms with Crippen molar-refractivity contribution >= 4 is 11.5 Å². The van der Waals surface area contributed by atoms with Crippen LogP contribution >= 0.6 is 0 Å². The second kappa shape index (κ2) is 4.22. The van der Waals surface area contributed by atoms with E-state index in [0.29, 0.717) is 0 Å². The molecule has 2 unspecified atom stereocenters. The second-order valence-electron chi connectivity index (χ2n) is 5.93. The average molecular weight is 257 g/mol. The zero-order valence-electron chi connectivity index (χ0n) is 12.8. The van der Waals surface area contributed by atoms with E-state index in [9.17, 15) is 4.79 Å². The van der Waals surface area contributed by atoms with Gasteiger partial charge in [0.25, 0.3) is 0 Å². The molecule has 0 amide bonds. The molecule has 2 atom stereocenters. The van der Waals surface area contributed by atoms with Crippen molar-refractivity contribution in [1.29, 1.82) is 0 Å². The van der Waals surface area contributed by atoms with E-state index < -0.39 is 5.54 Å². The molecule has 0 bridgehead atoms. The minimum atomic E-state index is -0.570. The van der Waals surface area contributed by atoms with Crippen molar-refractivity contribution in [2.45, 2.75) is 47.1 Å². The maximum absolute atomic E-state index is 12.8. The molecule has 0 aliphatic carbocycles. The molecular weight excluding hydrogens is 234 g/mol. The summed E-state index contributed by atoms with van der Waals surface area (Å²) in [5.41, 5.74) is 6.11. The number of carbonyl (C=O) groups excluding carboxylic acids is 1. The summed E-state index contributed by atoms with van der Waals surface area (Å²) < 4.78 is 0. The summed E-state index contributed by atoms with van der Waals surface area (Å²) in [6.45, 7) is 16.2. The van der Waals surface area contributed by atoms with E-state index >= 15 is 0 Å². The molecule has 1 aromatic carbocycles. The van der Waals surface area contributed by atoms with Crippen LogP contribution in [0.25, 0.3) is 0 Å². The number of hydrogen-bond donors (Lipinski definition) is 1. The van der Waals surface area contributed by atoms with Crippen LogP contribution < -0.4 is 5.32 Å². The van der Waals surface area contributed by atoms with Gasteiger partial charge in [0, 0.05) is 17.2 Å². The molecular formula is C17H23NO. The quantitative estimate of drug-likeness (QED) is 0.808. The van der Waals surface area contributed by atoms with E-state index in [0.717, 1.165) is 16.8 Å². The van der Waals surface area contributed by atoms with Crippen LogP contribution in [0.2, 0.25) is 0 Å². The van der Waals surface area contributed by atoms with E-state index in [2.05, 4.69) is 32.7 Å². The zero-order chi connectivity index (χ0) is 14.5. The third-order valence-corrected chi connectivity index (χ3v) is 5.04. The lowest BCUT2D eigenvalue weighted by atomic mass is 9.82. The number of nitrogens with one attached hydrogen (secondary N) is 1. The van der Waals surface area contributed by atoms with E-state index in [-0.39, 0.29) is 11.7 Å². The van der Waals surface area contributed by atoms with Crippen LogP contribution in [-0.4, -0.2) is 11.3 Å². The number of ketones is 1. The molecule has 2 nitrogen and oxygen atoms in total. The highest BCUT2D eigenvalue weighted by atomic mass is 16.1. The van der Waals surface area contributed by atoms with Crippen LogP contribution in [0.5, 0.6) is 0 Å². The third kappa shape index (κ3) is 1.66. The summed E-state index contributed by atoms with van der Waals surface area (Å²) >= 11 is 0. The van der Waals surface area contributed by atoms with E-state index in [4.69, 9.17) is 0 Å². The maximum Gasteiger partial charge on any atom is 0.190 e. The van der Waals surface area contributed by atoms with Gasteiger partial charge in [-0.3, -0.25) is 4.79 Å². The van der Waals surface area contributed by atoms with Crippen molar-refractivity contribution in [2.75, 3.05) is 5.32 Å². The lowest BCUT2D eigenvalue weighted by molar-refractivity contribution is 0.0905. The number of rotatable bonds is 2. The molecule has 0 saturated heterocycles. The van der Waals surface area contributed by atoms with Crippen LogP contribution in [-0.2, 0) is 0 Å². The fourth-order valence-corrected chi connectivity index (χ4v) is 2.89. The number of anilines is 1. The minimum Gasteiger partial charge on any atom is -0.371 e. The van der Waals surface area contributed by atoms with Crippen LogP contribution in [0.4, 0.5) is 5.69 Å². The van der Waals surface area contributed by atoms with Gasteiger partial charge in [-0.25, -0.2) is 0 Å². The fraction of sp³-hybridized carbons (Fsp3) is 0.471. The summed E-state index contributed by atoms with van der Waals surface area (Å²) in [5.74, 6) is 0.283. The molecule has 0 radical (unpaired) electrons. The Morgan fingerprint density at radius 3 is 2.16 bits per heavy atom. The molecule has 0 saturated carbocycles. The fourth-order valence-electron chi connectivity index (χ4n) is 2.89. The molecule has 2 rings (SSSR count). The second-order valence-corrected chi connectivity index (χ2v) is 5.93. The number of Topliss-reactive ketones (excluding diaryl/α,β-unsaturated/α-hetero) is 1. The largest absolute Gasteiger partial charge is 0.371 e. The van der Waals surface area contributed by atoms with Crippen LogP contribution in [0.3, 0.4) is 0 Å². The standard InChI is InChI=1S/C17H23NO/c1-8-9(2)17(7)16(19)14-12(5)10(3)11(4)13(6)15(14)18-17/h8-9,18H,1H2,2-7H3. The van der Waals surface area contributed by atoms with Gasteiger partial charge in [-0.15, -0.1) is 6.58 Å². The van der Waals surface area contributed by atoms with Gasteiger partial charge in [0.05, 0.1) is 0 Å². The highest BCUT2D eigenvalue weighted by molar-refractivity contribution is 6.15. The van der Waals surface area contributed by atoms with Crippen LogP contribution in [0.15, 0.2) is 12.7 Å². The summed E-state index contributed by atoms with van der Waals surface area (Å²) in [5, 5.41) is 3.47. The highest BCUT2D eigenvalue weighted by Gasteiger charge is 2.46. The Balaban J connectivity index is 2.71. The molecule has 102 valence electrons. The molecule has 1 aliphatic rings. The van der Waals surface area contributed by atoms with Crippen molar-refractivity contribution in [3.63, 3.8) is 0 Å². The number of fused-ring (bicyclic) bond motifs is 1. The molecule has 1 N–H and O–H groups in total. The summed E-state index contributed by atoms with van der Waals surface area (Å²) in [7, 11) is 0. The van der Waals surface area contributed by atoms with Gasteiger partial charge in [0.1, 0.15) is 5.54 Å². The molecule has 1 heterocycles. The zero-order valence-corrected chi connectivity index (χ0v) is 12.8. The molecule has 2 heteroatoms. The average Bonchev–Trinajstić information content (AvgIpc) is 2.67. The van der Waals surface area contributed by atoms with Gasteiger partial charge in [-0.2, -0.15) is 0 Å². The van der Waals surface area contributed by atoms with Gasteiger partial charge in [0.2, 0.25) is 0 Å². The van der Waals surface area contributed by atoms with E-state index in [1.54, 1.807) is 0 Å². The molecule has 0 spiro atoms. The highest BCUT2D eigenvalue weighted by Crippen LogP contribution is 2.42. The Bertz CT molecular complexity index is 586. The smallest absolute Gasteiger partial charge is 0.190 e. The first kappa shape index (κ1) is 13.9. The molecule has 0 fully saturated rings. The topological polar surface area (TPSA) is 29.1 Å². The third-order valence-electron chi connectivity index (χ3n) is 5.04. The molecule has 0 aromatic heterocycles. The number of hydrogen-bond acceptors (Lipinski definition) is 2. The predicted molar refractivity (Wildman–Crippen MR) is 81.1 cm³/mol. The van der Waals surface area contributed by atoms with Crippen molar-refractivity contribution in [2.24, 2.45) is 5.92 Å². The molecule has 19 heavy (non-hydrogen) atoms. The van der Waals surface area contributed by atoms with Gasteiger partial charge in [-0.05, 0) is 56.9 Å². The number of benzene rings is 1. The van der Waals surface area contributed by atoms with Crippen molar-refractivity contribution in [3.8, 4) is 0 Å². The molecule has 1 aliphatic heterocycles. The van der Waals surface area contributed by atoms with Gasteiger partial charge in [-0.1, -0.05) is 13.0 Å². The number of carbonyl (C=O) groups is 1. The normalized spacial score (nSPS) is 22.9. The predicted octanol–water partition coefficient (Wildman–Crippen LogP) is 4.11. The van der Waals surface area contributed by atoms with Crippen LogP contribution in [0.1, 0.15) is 46.5 Å². The monoisotopic (exact) mass is 257 g/mol. The Labute approximate surface area is 115 Å². The van der Waals surface area contributed by atoms with Gasteiger partial charge >= 0.3 is 0 Å².